The fourth-order valence-electron chi connectivity index (χ4n) is 4.35. The maximum absolute atomic E-state index is 12.4. The first-order valence-corrected chi connectivity index (χ1v) is 10.6. The molecule has 0 radical (unpaired) electrons. The fraction of sp³-hybridized carbons (Fsp3) is 0.391. The first-order valence-electron chi connectivity index (χ1n) is 10.6. The molecule has 0 spiro atoms. The summed E-state index contributed by atoms with van der Waals surface area (Å²) in [6.07, 6.45) is -4.51. The quantitative estimate of drug-likeness (QED) is 0.642. The number of carbonyl (C=O) groups excluding carboxylic acids is 2. The van der Waals surface area contributed by atoms with Gasteiger partial charge < -0.3 is 34.0 Å². The maximum Gasteiger partial charge on any atom is 0.357 e. The van der Waals surface area contributed by atoms with E-state index >= 15 is 0 Å². The van der Waals surface area contributed by atoms with E-state index in [1.54, 1.807) is 18.2 Å². The summed E-state index contributed by atoms with van der Waals surface area (Å²) in [4.78, 5) is 29.9. The van der Waals surface area contributed by atoms with Gasteiger partial charge in [0.25, 0.3) is 0 Å². The van der Waals surface area contributed by atoms with Crippen molar-refractivity contribution in [2.24, 2.45) is 5.92 Å². The molecule has 2 saturated heterocycles. The SMILES string of the molecule is O=C1OC2C(COc3ccc4cc3OCO4)C(c3ccccc3)CCN2OC(=O)C(O)C1O. The number of hydroxylamine groups is 2. The van der Waals surface area contributed by atoms with Crippen LogP contribution in [0.2, 0.25) is 0 Å². The number of benzene rings is 2. The molecule has 0 saturated carbocycles. The van der Waals surface area contributed by atoms with Crippen molar-refractivity contribution in [3.8, 4) is 17.2 Å². The van der Waals surface area contributed by atoms with Crippen LogP contribution in [0, 0.1) is 5.92 Å². The molecule has 3 aliphatic heterocycles. The van der Waals surface area contributed by atoms with Crippen LogP contribution in [0.1, 0.15) is 17.9 Å². The lowest BCUT2D eigenvalue weighted by atomic mass is 9.80. The van der Waals surface area contributed by atoms with E-state index in [2.05, 4.69) is 0 Å². The average molecular weight is 457 g/mol. The van der Waals surface area contributed by atoms with Crippen molar-refractivity contribution < 1.29 is 43.6 Å². The average Bonchev–Trinajstić information content (AvgIpc) is 2.84. The highest BCUT2D eigenvalue weighted by molar-refractivity contribution is 5.85. The van der Waals surface area contributed by atoms with Crippen molar-refractivity contribution in [1.29, 1.82) is 0 Å². The smallest absolute Gasteiger partial charge is 0.357 e. The molecule has 5 rings (SSSR count). The zero-order valence-corrected chi connectivity index (χ0v) is 17.5. The number of rotatable bonds is 4. The van der Waals surface area contributed by atoms with Gasteiger partial charge in [-0.15, -0.1) is 0 Å². The minimum absolute atomic E-state index is 0.0820. The summed E-state index contributed by atoms with van der Waals surface area (Å²) in [5.41, 5.74) is 1.01. The van der Waals surface area contributed by atoms with Gasteiger partial charge in [-0.25, -0.2) is 9.59 Å². The van der Waals surface area contributed by atoms with Crippen LogP contribution in [-0.2, 0) is 19.2 Å². The number of hydrogen-bond donors (Lipinski definition) is 2. The Kier molecular flexibility index (Phi) is 5.79. The zero-order valence-electron chi connectivity index (χ0n) is 17.5. The number of ether oxygens (including phenoxy) is 4. The number of fused-ring (bicyclic) bond motifs is 3. The molecule has 0 aromatic heterocycles. The summed E-state index contributed by atoms with van der Waals surface area (Å²) in [6.45, 7) is 0.447. The first kappa shape index (κ1) is 21.5. The van der Waals surface area contributed by atoms with E-state index in [0.29, 0.717) is 23.7 Å². The number of aliphatic hydroxyl groups excluding tert-OH is 2. The highest BCUT2D eigenvalue weighted by atomic mass is 16.8. The van der Waals surface area contributed by atoms with Crippen LogP contribution in [-0.4, -0.2) is 65.6 Å². The maximum atomic E-state index is 12.4. The number of aliphatic hydroxyl groups is 2. The summed E-state index contributed by atoms with van der Waals surface area (Å²) in [7, 11) is 0. The van der Waals surface area contributed by atoms with Gasteiger partial charge in [-0.05, 0) is 30.0 Å². The Morgan fingerprint density at radius 3 is 2.61 bits per heavy atom. The normalized spacial score (nSPS) is 29.3. The second kappa shape index (κ2) is 8.89. The molecule has 5 atom stereocenters. The molecule has 2 N–H and O–H groups in total. The molecule has 2 fully saturated rings. The molecule has 2 aromatic carbocycles. The van der Waals surface area contributed by atoms with Gasteiger partial charge in [0.15, 0.2) is 29.9 Å². The molecule has 2 aromatic rings. The molecule has 10 heteroatoms. The van der Waals surface area contributed by atoms with Gasteiger partial charge in [0.2, 0.25) is 6.79 Å². The van der Waals surface area contributed by atoms with Crippen LogP contribution in [0.5, 0.6) is 17.2 Å². The van der Waals surface area contributed by atoms with Crippen LogP contribution >= 0.6 is 0 Å². The minimum Gasteiger partial charge on any atom is -0.489 e. The van der Waals surface area contributed by atoms with Crippen molar-refractivity contribution in [3.05, 3.63) is 54.1 Å². The van der Waals surface area contributed by atoms with Crippen LogP contribution in [0.25, 0.3) is 0 Å². The summed E-state index contributed by atoms with van der Waals surface area (Å²) in [5, 5.41) is 21.1. The highest BCUT2D eigenvalue weighted by Crippen LogP contribution is 2.40. The van der Waals surface area contributed by atoms with Gasteiger partial charge in [-0.1, -0.05) is 35.4 Å². The lowest BCUT2D eigenvalue weighted by Crippen LogP contribution is -2.58. The minimum atomic E-state index is -2.04. The van der Waals surface area contributed by atoms with Crippen molar-refractivity contribution in [1.82, 2.24) is 5.06 Å². The molecule has 10 nitrogen and oxygen atoms in total. The van der Waals surface area contributed by atoms with Gasteiger partial charge in [0.1, 0.15) is 5.75 Å². The lowest BCUT2D eigenvalue weighted by Gasteiger charge is -2.44. The standard InChI is InChI=1S/C23H23NO9/c25-19-20(26)23(28)33-24-9-8-15(13-4-2-1-3-5-13)16(21(24)32-22(19)27)11-29-17-7-6-14-10-18(17)31-12-30-14/h1-7,10,15-16,19-21,25-26H,8-9,11-12H2. The first-order chi connectivity index (χ1) is 16.0. The van der Waals surface area contributed by atoms with Gasteiger partial charge >= 0.3 is 11.9 Å². The van der Waals surface area contributed by atoms with E-state index in [1.807, 2.05) is 30.3 Å². The van der Waals surface area contributed by atoms with Crippen molar-refractivity contribution in [3.63, 3.8) is 0 Å². The Morgan fingerprint density at radius 1 is 1.00 bits per heavy atom. The number of nitrogens with zero attached hydrogens (tertiary/aromatic N) is 1. The molecule has 0 amide bonds. The van der Waals surface area contributed by atoms with E-state index in [-0.39, 0.29) is 25.9 Å². The third-order valence-corrected chi connectivity index (χ3v) is 6.07. The Morgan fingerprint density at radius 2 is 1.79 bits per heavy atom. The molecule has 174 valence electrons. The van der Waals surface area contributed by atoms with E-state index in [0.717, 1.165) is 5.56 Å². The third-order valence-electron chi connectivity index (χ3n) is 6.07. The lowest BCUT2D eigenvalue weighted by molar-refractivity contribution is -0.285. The van der Waals surface area contributed by atoms with Gasteiger partial charge in [-0.2, -0.15) is 0 Å². The number of piperidine rings is 1. The van der Waals surface area contributed by atoms with Crippen molar-refractivity contribution in [2.75, 3.05) is 19.9 Å². The second-order valence-electron chi connectivity index (χ2n) is 8.06. The Bertz CT molecular complexity index is 1030. The molecule has 33 heavy (non-hydrogen) atoms. The van der Waals surface area contributed by atoms with E-state index in [4.69, 9.17) is 23.8 Å². The van der Waals surface area contributed by atoms with E-state index in [9.17, 15) is 19.8 Å². The molecule has 2 bridgehead atoms. The summed E-state index contributed by atoms with van der Waals surface area (Å²) in [6, 6.07) is 14.9. The van der Waals surface area contributed by atoms with Crippen LogP contribution in [0.4, 0.5) is 0 Å². The Hall–Kier alpha value is -3.34. The predicted molar refractivity (Wildman–Crippen MR) is 110 cm³/mol. The van der Waals surface area contributed by atoms with Crippen molar-refractivity contribution in [2.45, 2.75) is 30.8 Å². The van der Waals surface area contributed by atoms with E-state index in [1.165, 1.54) is 5.06 Å². The van der Waals surface area contributed by atoms with Crippen LogP contribution in [0.3, 0.4) is 0 Å². The van der Waals surface area contributed by atoms with E-state index < -0.39 is 36.3 Å². The predicted octanol–water partition coefficient (Wildman–Crippen LogP) is 0.963. The van der Waals surface area contributed by atoms with Crippen LogP contribution < -0.4 is 14.2 Å². The zero-order chi connectivity index (χ0) is 22.9. The molecule has 5 unspecified atom stereocenters. The molecular formula is C23H23NO9. The summed E-state index contributed by atoms with van der Waals surface area (Å²) in [5.74, 6) is -1.09. The highest BCUT2D eigenvalue weighted by Gasteiger charge is 2.48. The monoisotopic (exact) mass is 457 g/mol. The Labute approximate surface area is 189 Å². The van der Waals surface area contributed by atoms with Gasteiger partial charge in [0.05, 0.1) is 12.5 Å². The van der Waals surface area contributed by atoms with Gasteiger partial charge in [0, 0.05) is 12.6 Å². The Balaban J connectivity index is 1.45. The number of esters is 1. The molecule has 3 heterocycles. The number of carbonyl (C=O) groups is 2. The topological polar surface area (TPSA) is 124 Å². The fourth-order valence-corrected chi connectivity index (χ4v) is 4.35. The second-order valence-corrected chi connectivity index (χ2v) is 8.06. The largest absolute Gasteiger partial charge is 0.489 e. The molecule has 3 aliphatic rings. The van der Waals surface area contributed by atoms with Crippen LogP contribution in [0.15, 0.2) is 48.5 Å². The summed E-state index contributed by atoms with van der Waals surface area (Å²) < 4.78 is 22.4. The van der Waals surface area contributed by atoms with Crippen molar-refractivity contribution >= 4 is 11.9 Å². The molecule has 0 aliphatic carbocycles. The molecular weight excluding hydrogens is 434 g/mol. The third kappa shape index (κ3) is 4.20. The summed E-state index contributed by atoms with van der Waals surface area (Å²) >= 11 is 0. The van der Waals surface area contributed by atoms with Gasteiger partial charge in [-0.3, -0.25) is 0 Å². The number of hydrogen-bond acceptors (Lipinski definition) is 10.